The fourth-order valence-electron chi connectivity index (χ4n) is 1.45. The summed E-state index contributed by atoms with van der Waals surface area (Å²) < 4.78 is 68.1. The second kappa shape index (κ2) is 3.97. The zero-order valence-electron chi connectivity index (χ0n) is 8.55. The normalized spacial score (nSPS) is 11.8. The molecule has 0 bridgehead atoms. The fourth-order valence-corrected chi connectivity index (χ4v) is 1.45. The van der Waals surface area contributed by atoms with E-state index in [1.54, 1.807) is 0 Å². The molecule has 8 heteroatoms. The van der Waals surface area contributed by atoms with Crippen LogP contribution < -0.4 is 5.73 Å². The Bertz CT molecular complexity index is 590. The average Bonchev–Trinajstić information content (AvgIpc) is 2.60. The van der Waals surface area contributed by atoms with Crippen LogP contribution in [0.3, 0.4) is 0 Å². The third-order valence-electron chi connectivity index (χ3n) is 2.19. The molecule has 0 aliphatic heterocycles. The number of anilines is 1. The summed E-state index contributed by atoms with van der Waals surface area (Å²) in [6.07, 6.45) is -4.85. The number of hydrogen-bond acceptors (Lipinski definition) is 3. The number of hydrogen-bond donors (Lipinski definition) is 1. The Morgan fingerprint density at radius 3 is 2.39 bits per heavy atom. The molecule has 0 aliphatic rings. The van der Waals surface area contributed by atoms with E-state index < -0.39 is 40.5 Å². The van der Waals surface area contributed by atoms with Crippen molar-refractivity contribution in [1.82, 2.24) is 5.16 Å². The number of halogens is 5. The van der Waals surface area contributed by atoms with Crippen molar-refractivity contribution in [3.63, 3.8) is 0 Å². The molecule has 0 amide bonds. The molecule has 0 fully saturated rings. The topological polar surface area (TPSA) is 52.0 Å². The largest absolute Gasteiger partial charge is 0.437 e. The first-order chi connectivity index (χ1) is 8.30. The van der Waals surface area contributed by atoms with Gasteiger partial charge in [-0.15, -0.1) is 0 Å². The lowest BCUT2D eigenvalue weighted by atomic mass is 10.0. The Hall–Kier alpha value is -2.12. The zero-order chi connectivity index (χ0) is 13.5. The molecule has 0 radical (unpaired) electrons. The van der Waals surface area contributed by atoms with E-state index in [9.17, 15) is 22.0 Å². The highest BCUT2D eigenvalue weighted by Gasteiger charge is 2.40. The van der Waals surface area contributed by atoms with Crippen molar-refractivity contribution in [1.29, 1.82) is 0 Å². The third-order valence-corrected chi connectivity index (χ3v) is 2.19. The maximum atomic E-state index is 13.4. The average molecular weight is 264 g/mol. The van der Waals surface area contributed by atoms with Crippen LogP contribution in [0, 0.1) is 11.6 Å². The van der Waals surface area contributed by atoms with Gasteiger partial charge in [0.15, 0.2) is 5.69 Å². The summed E-state index contributed by atoms with van der Waals surface area (Å²) in [5.74, 6) is -2.79. The maximum absolute atomic E-state index is 13.4. The SMILES string of the molecule is Nc1onc(C(F)(F)F)c1-c1ccc(F)cc1F. The Morgan fingerprint density at radius 2 is 1.83 bits per heavy atom. The Morgan fingerprint density at radius 1 is 1.17 bits per heavy atom. The van der Waals surface area contributed by atoms with Gasteiger partial charge in [-0.2, -0.15) is 13.2 Å². The number of nitrogens with two attached hydrogens (primary N) is 1. The fraction of sp³-hybridized carbons (Fsp3) is 0.100. The van der Waals surface area contributed by atoms with Crippen molar-refractivity contribution in [2.45, 2.75) is 6.18 Å². The molecule has 18 heavy (non-hydrogen) atoms. The predicted molar refractivity (Wildman–Crippen MR) is 51.3 cm³/mol. The van der Waals surface area contributed by atoms with Gasteiger partial charge in [0.2, 0.25) is 5.88 Å². The van der Waals surface area contributed by atoms with Crippen LogP contribution in [-0.2, 0) is 6.18 Å². The third kappa shape index (κ3) is 2.01. The number of rotatable bonds is 1. The number of aromatic nitrogens is 1. The van der Waals surface area contributed by atoms with E-state index in [2.05, 4.69) is 9.68 Å². The molecule has 3 nitrogen and oxygen atoms in total. The molecule has 0 aliphatic carbocycles. The summed E-state index contributed by atoms with van der Waals surface area (Å²) in [6, 6.07) is 2.09. The molecular formula is C10H5F5N2O. The van der Waals surface area contributed by atoms with Crippen molar-refractivity contribution in [3.8, 4) is 11.1 Å². The van der Waals surface area contributed by atoms with Crippen molar-refractivity contribution in [3.05, 3.63) is 35.5 Å². The molecule has 0 atom stereocenters. The highest BCUT2D eigenvalue weighted by atomic mass is 19.4. The molecular weight excluding hydrogens is 259 g/mol. The van der Waals surface area contributed by atoms with Crippen LogP contribution in [0.1, 0.15) is 5.69 Å². The lowest BCUT2D eigenvalue weighted by Gasteiger charge is -2.06. The Kier molecular flexibility index (Phi) is 2.72. The molecule has 2 rings (SSSR count). The monoisotopic (exact) mass is 264 g/mol. The second-order valence-corrected chi connectivity index (χ2v) is 3.39. The highest BCUT2D eigenvalue weighted by molar-refractivity contribution is 5.75. The summed E-state index contributed by atoms with van der Waals surface area (Å²) in [7, 11) is 0. The quantitative estimate of drug-likeness (QED) is 0.804. The van der Waals surface area contributed by atoms with Crippen LogP contribution in [0.25, 0.3) is 11.1 Å². The van der Waals surface area contributed by atoms with Crippen molar-refractivity contribution in [2.24, 2.45) is 0 Å². The van der Waals surface area contributed by atoms with Crippen LogP contribution in [-0.4, -0.2) is 5.16 Å². The Labute approximate surface area is 97.0 Å². The van der Waals surface area contributed by atoms with E-state index in [0.717, 1.165) is 12.1 Å². The van der Waals surface area contributed by atoms with Crippen molar-refractivity contribution < 1.29 is 26.5 Å². The standard InChI is InChI=1S/C10H5F5N2O/c11-4-1-2-5(6(12)3-4)7-8(10(13,14)15)17-18-9(7)16/h1-3H,16H2. The molecule has 1 aromatic carbocycles. The number of nitrogens with zero attached hydrogens (tertiary/aromatic N) is 1. The lowest BCUT2D eigenvalue weighted by molar-refractivity contribution is -0.142. The summed E-state index contributed by atoms with van der Waals surface area (Å²) in [6.45, 7) is 0. The lowest BCUT2D eigenvalue weighted by Crippen LogP contribution is -2.08. The van der Waals surface area contributed by atoms with Crippen molar-refractivity contribution >= 4 is 5.88 Å². The number of alkyl halides is 3. The predicted octanol–water partition coefficient (Wildman–Crippen LogP) is 3.22. The molecule has 0 unspecified atom stereocenters. The van der Waals surface area contributed by atoms with Gasteiger partial charge in [-0.05, 0) is 12.1 Å². The van der Waals surface area contributed by atoms with Crippen LogP contribution in [0.4, 0.5) is 27.8 Å². The molecule has 1 heterocycles. The minimum atomic E-state index is -4.85. The first-order valence-corrected chi connectivity index (χ1v) is 4.58. The van der Waals surface area contributed by atoms with E-state index in [0.29, 0.717) is 6.07 Å². The van der Waals surface area contributed by atoms with E-state index in [-0.39, 0.29) is 0 Å². The van der Waals surface area contributed by atoms with E-state index in [4.69, 9.17) is 5.73 Å². The van der Waals surface area contributed by atoms with E-state index in [1.807, 2.05) is 0 Å². The highest BCUT2D eigenvalue weighted by Crippen LogP contribution is 2.40. The first-order valence-electron chi connectivity index (χ1n) is 4.58. The smallest absolute Gasteiger partial charge is 0.367 e. The van der Waals surface area contributed by atoms with Crippen molar-refractivity contribution in [2.75, 3.05) is 5.73 Å². The van der Waals surface area contributed by atoms with Crippen LogP contribution in [0.2, 0.25) is 0 Å². The maximum Gasteiger partial charge on any atom is 0.437 e. The zero-order valence-corrected chi connectivity index (χ0v) is 8.55. The molecule has 0 saturated carbocycles. The van der Waals surface area contributed by atoms with Gasteiger partial charge in [0.05, 0.1) is 5.56 Å². The van der Waals surface area contributed by atoms with Gasteiger partial charge in [-0.25, -0.2) is 8.78 Å². The molecule has 96 valence electrons. The molecule has 0 spiro atoms. The van der Waals surface area contributed by atoms with Gasteiger partial charge in [-0.1, -0.05) is 5.16 Å². The van der Waals surface area contributed by atoms with Gasteiger partial charge < -0.3 is 10.3 Å². The number of benzene rings is 1. The summed E-state index contributed by atoms with van der Waals surface area (Å²) in [4.78, 5) is 0. The molecule has 2 aromatic rings. The van der Waals surface area contributed by atoms with Crippen LogP contribution >= 0.6 is 0 Å². The molecule has 1 aromatic heterocycles. The van der Waals surface area contributed by atoms with Crippen LogP contribution in [0.15, 0.2) is 22.7 Å². The number of nitrogen functional groups attached to an aromatic ring is 1. The van der Waals surface area contributed by atoms with Gasteiger partial charge in [0, 0.05) is 11.6 Å². The van der Waals surface area contributed by atoms with E-state index in [1.165, 1.54) is 0 Å². The molecule has 0 saturated heterocycles. The Balaban J connectivity index is 2.67. The van der Waals surface area contributed by atoms with Gasteiger partial charge in [-0.3, -0.25) is 0 Å². The second-order valence-electron chi connectivity index (χ2n) is 3.39. The van der Waals surface area contributed by atoms with Gasteiger partial charge in [0.25, 0.3) is 0 Å². The molecule has 2 N–H and O–H groups in total. The minimum absolute atomic E-state index is 0.446. The van der Waals surface area contributed by atoms with Gasteiger partial charge >= 0.3 is 6.18 Å². The first kappa shape index (κ1) is 12.3. The van der Waals surface area contributed by atoms with E-state index >= 15 is 0 Å². The van der Waals surface area contributed by atoms with Crippen LogP contribution in [0.5, 0.6) is 0 Å². The van der Waals surface area contributed by atoms with Gasteiger partial charge in [0.1, 0.15) is 11.6 Å². The minimum Gasteiger partial charge on any atom is -0.367 e. The summed E-state index contributed by atoms with van der Waals surface area (Å²) in [5.41, 5.74) is 2.47. The summed E-state index contributed by atoms with van der Waals surface area (Å²) >= 11 is 0. The summed E-state index contributed by atoms with van der Waals surface area (Å²) in [5, 5.41) is 2.74.